The molecule has 2 atom stereocenters. The van der Waals surface area contributed by atoms with E-state index in [1.54, 1.807) is 0 Å². The third-order valence-corrected chi connectivity index (χ3v) is 3.94. The lowest BCUT2D eigenvalue weighted by molar-refractivity contribution is 0.471. The van der Waals surface area contributed by atoms with Crippen molar-refractivity contribution in [1.29, 1.82) is 0 Å². The summed E-state index contributed by atoms with van der Waals surface area (Å²) in [6.45, 7) is 10.4. The molecule has 1 N–H and O–H groups in total. The predicted octanol–water partition coefficient (Wildman–Crippen LogP) is 3.16. The SMILES string of the molecule is CCNC(CC)c1cnn(Cc2ccn(C(C)CC)n2)c1. The molecule has 0 radical (unpaired) electrons. The molecule has 5 heteroatoms. The Morgan fingerprint density at radius 1 is 1.24 bits per heavy atom. The van der Waals surface area contributed by atoms with Crippen LogP contribution in [0.4, 0.5) is 0 Å². The van der Waals surface area contributed by atoms with Gasteiger partial charge in [-0.05, 0) is 32.4 Å². The summed E-state index contributed by atoms with van der Waals surface area (Å²) >= 11 is 0. The first-order valence-electron chi connectivity index (χ1n) is 7.97. The summed E-state index contributed by atoms with van der Waals surface area (Å²) in [5, 5.41) is 12.6. The van der Waals surface area contributed by atoms with Gasteiger partial charge in [0.15, 0.2) is 0 Å². The minimum Gasteiger partial charge on any atom is -0.310 e. The van der Waals surface area contributed by atoms with E-state index in [1.807, 2.05) is 15.6 Å². The molecule has 21 heavy (non-hydrogen) atoms. The molecule has 0 amide bonds. The molecule has 116 valence electrons. The van der Waals surface area contributed by atoms with Crippen LogP contribution in [0, 0.1) is 0 Å². The van der Waals surface area contributed by atoms with Gasteiger partial charge in [0.05, 0.1) is 18.4 Å². The zero-order chi connectivity index (χ0) is 15.2. The maximum absolute atomic E-state index is 4.63. The molecule has 0 bridgehead atoms. The zero-order valence-corrected chi connectivity index (χ0v) is 13.6. The van der Waals surface area contributed by atoms with E-state index in [-0.39, 0.29) is 0 Å². The summed E-state index contributed by atoms with van der Waals surface area (Å²) < 4.78 is 4.01. The van der Waals surface area contributed by atoms with Crippen molar-refractivity contribution < 1.29 is 0 Å². The second kappa shape index (κ2) is 7.41. The van der Waals surface area contributed by atoms with Crippen LogP contribution in [0.1, 0.15) is 63.9 Å². The maximum Gasteiger partial charge on any atom is 0.0849 e. The standard InChI is InChI=1S/C16H27N5/c1-5-13(4)21-9-8-15(19-21)12-20-11-14(10-18-20)16(6-2)17-7-3/h8-11,13,16-17H,5-7,12H2,1-4H3. The second-order valence-corrected chi connectivity index (χ2v) is 5.53. The lowest BCUT2D eigenvalue weighted by atomic mass is 10.1. The van der Waals surface area contributed by atoms with Gasteiger partial charge < -0.3 is 5.32 Å². The van der Waals surface area contributed by atoms with Crippen molar-refractivity contribution in [3.8, 4) is 0 Å². The van der Waals surface area contributed by atoms with Crippen molar-refractivity contribution in [2.45, 2.75) is 59.2 Å². The van der Waals surface area contributed by atoms with Crippen molar-refractivity contribution in [3.63, 3.8) is 0 Å². The van der Waals surface area contributed by atoms with Crippen molar-refractivity contribution in [1.82, 2.24) is 24.9 Å². The van der Waals surface area contributed by atoms with Gasteiger partial charge in [-0.1, -0.05) is 20.8 Å². The first-order valence-corrected chi connectivity index (χ1v) is 7.97. The molecule has 2 rings (SSSR count). The van der Waals surface area contributed by atoms with Crippen molar-refractivity contribution in [3.05, 3.63) is 35.9 Å². The highest BCUT2D eigenvalue weighted by molar-refractivity contribution is 5.11. The number of hydrogen-bond acceptors (Lipinski definition) is 3. The van der Waals surface area contributed by atoms with Crippen LogP contribution in [0.5, 0.6) is 0 Å². The highest BCUT2D eigenvalue weighted by Crippen LogP contribution is 2.16. The van der Waals surface area contributed by atoms with Crippen LogP contribution < -0.4 is 5.32 Å². The Hall–Kier alpha value is -1.62. The number of aromatic nitrogens is 4. The molecule has 0 saturated carbocycles. The van der Waals surface area contributed by atoms with Gasteiger partial charge in [-0.25, -0.2) is 0 Å². The molecular formula is C16H27N5. The molecular weight excluding hydrogens is 262 g/mol. The Balaban J connectivity index is 2.03. The Morgan fingerprint density at radius 2 is 2.05 bits per heavy atom. The predicted molar refractivity (Wildman–Crippen MR) is 85.3 cm³/mol. The Bertz CT molecular complexity index is 542. The lowest BCUT2D eigenvalue weighted by Gasteiger charge is -2.13. The fraction of sp³-hybridized carbons (Fsp3) is 0.625. The lowest BCUT2D eigenvalue weighted by Crippen LogP contribution is -2.19. The number of rotatable bonds is 8. The molecule has 0 spiro atoms. The van der Waals surface area contributed by atoms with E-state index >= 15 is 0 Å². The monoisotopic (exact) mass is 289 g/mol. The zero-order valence-electron chi connectivity index (χ0n) is 13.6. The molecule has 0 aliphatic carbocycles. The number of hydrogen-bond donors (Lipinski definition) is 1. The summed E-state index contributed by atoms with van der Waals surface area (Å²) in [7, 11) is 0. The van der Waals surface area contributed by atoms with Gasteiger partial charge in [-0.3, -0.25) is 9.36 Å². The number of nitrogens with one attached hydrogen (secondary N) is 1. The molecule has 2 aromatic heterocycles. The first kappa shape index (κ1) is 15.8. The first-order chi connectivity index (χ1) is 10.2. The quantitative estimate of drug-likeness (QED) is 0.812. The van der Waals surface area contributed by atoms with Crippen LogP contribution in [-0.4, -0.2) is 26.1 Å². The van der Waals surface area contributed by atoms with Crippen LogP contribution in [0.25, 0.3) is 0 Å². The van der Waals surface area contributed by atoms with E-state index in [1.165, 1.54) is 5.56 Å². The summed E-state index contributed by atoms with van der Waals surface area (Å²) in [6, 6.07) is 2.92. The average Bonchev–Trinajstić information content (AvgIpc) is 3.14. The maximum atomic E-state index is 4.63. The molecule has 0 aliphatic rings. The molecule has 2 aromatic rings. The molecule has 5 nitrogen and oxygen atoms in total. The van der Waals surface area contributed by atoms with Crippen LogP contribution in [0.15, 0.2) is 24.7 Å². The summed E-state index contributed by atoms with van der Waals surface area (Å²) in [4.78, 5) is 0. The fourth-order valence-corrected chi connectivity index (χ4v) is 2.45. The van der Waals surface area contributed by atoms with Gasteiger partial charge in [0, 0.05) is 30.0 Å². The van der Waals surface area contributed by atoms with Gasteiger partial charge in [-0.2, -0.15) is 10.2 Å². The third kappa shape index (κ3) is 3.94. The molecule has 0 saturated heterocycles. The van der Waals surface area contributed by atoms with E-state index in [2.05, 4.69) is 61.7 Å². The van der Waals surface area contributed by atoms with E-state index in [0.717, 1.165) is 31.6 Å². The fourth-order valence-electron chi connectivity index (χ4n) is 2.45. The molecule has 2 unspecified atom stereocenters. The van der Waals surface area contributed by atoms with Crippen molar-refractivity contribution in [2.75, 3.05) is 6.54 Å². The Labute approximate surface area is 127 Å². The summed E-state index contributed by atoms with van der Waals surface area (Å²) in [6.07, 6.45) is 8.30. The summed E-state index contributed by atoms with van der Waals surface area (Å²) in [5.74, 6) is 0. The van der Waals surface area contributed by atoms with Crippen molar-refractivity contribution in [2.24, 2.45) is 0 Å². The van der Waals surface area contributed by atoms with Gasteiger partial charge in [0.25, 0.3) is 0 Å². The molecule has 2 heterocycles. The van der Waals surface area contributed by atoms with Crippen molar-refractivity contribution >= 4 is 0 Å². The Morgan fingerprint density at radius 3 is 2.71 bits per heavy atom. The third-order valence-electron chi connectivity index (χ3n) is 3.94. The van der Waals surface area contributed by atoms with Crippen LogP contribution in [0.2, 0.25) is 0 Å². The van der Waals surface area contributed by atoms with Gasteiger partial charge in [-0.15, -0.1) is 0 Å². The van der Waals surface area contributed by atoms with E-state index in [4.69, 9.17) is 0 Å². The minimum atomic E-state index is 0.390. The van der Waals surface area contributed by atoms with Crippen LogP contribution >= 0.6 is 0 Å². The van der Waals surface area contributed by atoms with E-state index in [0.29, 0.717) is 12.1 Å². The normalized spacial score (nSPS) is 14.3. The highest BCUT2D eigenvalue weighted by atomic mass is 15.3. The smallest absolute Gasteiger partial charge is 0.0849 e. The topological polar surface area (TPSA) is 47.7 Å². The molecule has 0 aromatic carbocycles. The molecule has 0 fully saturated rings. The molecule has 0 aliphatic heterocycles. The van der Waals surface area contributed by atoms with Crippen LogP contribution in [-0.2, 0) is 6.54 Å². The van der Waals surface area contributed by atoms with Gasteiger partial charge in [0.2, 0.25) is 0 Å². The van der Waals surface area contributed by atoms with Crippen LogP contribution in [0.3, 0.4) is 0 Å². The van der Waals surface area contributed by atoms with E-state index in [9.17, 15) is 0 Å². The summed E-state index contributed by atoms with van der Waals surface area (Å²) in [5.41, 5.74) is 2.31. The second-order valence-electron chi connectivity index (χ2n) is 5.53. The minimum absolute atomic E-state index is 0.390. The van der Waals surface area contributed by atoms with Gasteiger partial charge >= 0.3 is 0 Å². The number of nitrogens with zero attached hydrogens (tertiary/aromatic N) is 4. The largest absolute Gasteiger partial charge is 0.310 e. The average molecular weight is 289 g/mol. The van der Waals surface area contributed by atoms with Gasteiger partial charge in [0.1, 0.15) is 0 Å². The highest BCUT2D eigenvalue weighted by Gasteiger charge is 2.11. The Kier molecular flexibility index (Phi) is 5.56. The van der Waals surface area contributed by atoms with E-state index < -0.39 is 0 Å².